The largest absolute Gasteiger partial charge is 0.469 e. The van der Waals surface area contributed by atoms with Crippen molar-refractivity contribution in [2.45, 2.75) is 44.6 Å². The maximum Gasteiger partial charge on any atom is 0.311 e. The molecule has 5 heteroatoms. The van der Waals surface area contributed by atoms with Crippen molar-refractivity contribution >= 4 is 22.4 Å². The second-order valence-electron chi connectivity index (χ2n) is 4.51. The Balaban J connectivity index is 1.96. The highest BCUT2D eigenvalue weighted by Gasteiger charge is 2.35. The Labute approximate surface area is 105 Å². The number of ether oxygens (including phenoxy) is 1. The van der Waals surface area contributed by atoms with Crippen molar-refractivity contribution in [2.75, 3.05) is 12.4 Å². The molecule has 1 saturated carbocycles. The minimum Gasteiger partial charge on any atom is -0.469 e. The van der Waals surface area contributed by atoms with Gasteiger partial charge in [-0.15, -0.1) is 11.3 Å². The van der Waals surface area contributed by atoms with E-state index >= 15 is 0 Å². The molecule has 94 valence electrons. The fourth-order valence-electron chi connectivity index (χ4n) is 2.06. The quantitative estimate of drug-likeness (QED) is 0.821. The molecule has 1 N–H and O–H groups in total. The number of esters is 1. The van der Waals surface area contributed by atoms with E-state index in [9.17, 15) is 4.79 Å². The van der Waals surface area contributed by atoms with E-state index in [2.05, 4.69) is 22.0 Å². The molecule has 0 bridgehead atoms. The number of nitrogens with zero attached hydrogens (tertiary/aromatic N) is 1. The van der Waals surface area contributed by atoms with E-state index in [1.807, 2.05) is 5.38 Å². The number of rotatable bonds is 5. The summed E-state index contributed by atoms with van der Waals surface area (Å²) in [5.74, 6) is -0.240. The number of thiazole rings is 1. The predicted octanol–water partition coefficient (Wildman–Crippen LogP) is 2.60. The Kier molecular flexibility index (Phi) is 3.66. The van der Waals surface area contributed by atoms with Gasteiger partial charge in [0.25, 0.3) is 0 Å². The molecule has 17 heavy (non-hydrogen) atoms. The number of hydrogen-bond donors (Lipinski definition) is 1. The fraction of sp³-hybridized carbons (Fsp3) is 0.667. The first kappa shape index (κ1) is 12.4. The van der Waals surface area contributed by atoms with Crippen LogP contribution in [0.4, 0.5) is 5.13 Å². The third kappa shape index (κ3) is 2.77. The topological polar surface area (TPSA) is 51.2 Å². The van der Waals surface area contributed by atoms with Gasteiger partial charge in [-0.3, -0.25) is 4.79 Å². The molecule has 1 aromatic rings. The summed E-state index contributed by atoms with van der Waals surface area (Å²) in [6, 6.07) is 0. The van der Waals surface area contributed by atoms with Gasteiger partial charge in [0, 0.05) is 10.9 Å². The molecule has 4 nitrogen and oxygen atoms in total. The van der Waals surface area contributed by atoms with E-state index in [-0.39, 0.29) is 17.9 Å². The molecular formula is C12H18N2O2S. The lowest BCUT2D eigenvalue weighted by atomic mass is 9.75. The molecule has 0 amide bonds. The minimum absolute atomic E-state index is 0.240. The smallest absolute Gasteiger partial charge is 0.311 e. The monoisotopic (exact) mass is 254 g/mol. The maximum absolute atomic E-state index is 11.1. The minimum atomic E-state index is -0.240. The Bertz CT molecular complexity index is 393. The standard InChI is InChI=1S/C12H18N2O2S/c1-3-12(5-4-6-12)14-11-13-9(8-17-11)7-10(15)16-2/h8H,3-7H2,1-2H3,(H,13,14). The maximum atomic E-state index is 11.1. The molecule has 1 heterocycles. The van der Waals surface area contributed by atoms with Crippen LogP contribution >= 0.6 is 11.3 Å². The van der Waals surface area contributed by atoms with E-state index in [4.69, 9.17) is 0 Å². The van der Waals surface area contributed by atoms with Gasteiger partial charge < -0.3 is 10.1 Å². The third-order valence-electron chi connectivity index (χ3n) is 3.46. The second-order valence-corrected chi connectivity index (χ2v) is 5.37. The van der Waals surface area contributed by atoms with E-state index in [1.54, 1.807) is 11.3 Å². The van der Waals surface area contributed by atoms with Crippen molar-refractivity contribution in [3.05, 3.63) is 11.1 Å². The molecule has 1 aliphatic carbocycles. The van der Waals surface area contributed by atoms with Crippen LogP contribution in [-0.2, 0) is 16.0 Å². The zero-order valence-electron chi connectivity index (χ0n) is 10.3. The van der Waals surface area contributed by atoms with E-state index in [1.165, 1.54) is 26.4 Å². The van der Waals surface area contributed by atoms with E-state index in [0.29, 0.717) is 0 Å². The Morgan fingerprint density at radius 3 is 2.94 bits per heavy atom. The van der Waals surface area contributed by atoms with Gasteiger partial charge in [0.1, 0.15) is 0 Å². The summed E-state index contributed by atoms with van der Waals surface area (Å²) in [6.45, 7) is 2.20. The van der Waals surface area contributed by atoms with Gasteiger partial charge in [0.15, 0.2) is 5.13 Å². The van der Waals surface area contributed by atoms with Crippen LogP contribution in [0.3, 0.4) is 0 Å². The van der Waals surface area contributed by atoms with Gasteiger partial charge in [-0.2, -0.15) is 0 Å². The van der Waals surface area contributed by atoms with Gasteiger partial charge >= 0.3 is 5.97 Å². The average molecular weight is 254 g/mol. The van der Waals surface area contributed by atoms with Crippen LogP contribution in [0, 0.1) is 0 Å². The fourth-order valence-corrected chi connectivity index (χ4v) is 2.89. The zero-order chi connectivity index (χ0) is 12.3. The molecule has 0 saturated heterocycles. The number of carbonyl (C=O) groups excluding carboxylic acids is 1. The number of methoxy groups -OCH3 is 1. The first-order chi connectivity index (χ1) is 8.17. The molecule has 1 aromatic heterocycles. The molecule has 0 spiro atoms. The molecule has 0 atom stereocenters. The summed E-state index contributed by atoms with van der Waals surface area (Å²) in [4.78, 5) is 15.5. The Morgan fingerprint density at radius 1 is 1.65 bits per heavy atom. The molecule has 2 rings (SSSR count). The van der Waals surface area contributed by atoms with Crippen LogP contribution in [0.15, 0.2) is 5.38 Å². The van der Waals surface area contributed by atoms with Crippen LogP contribution in [0.5, 0.6) is 0 Å². The second kappa shape index (κ2) is 5.04. The van der Waals surface area contributed by atoms with Crippen molar-refractivity contribution in [1.82, 2.24) is 4.98 Å². The molecule has 0 unspecified atom stereocenters. The highest BCUT2D eigenvalue weighted by molar-refractivity contribution is 7.13. The SMILES string of the molecule is CCC1(Nc2nc(CC(=O)OC)cs2)CCC1. The number of carbonyl (C=O) groups is 1. The van der Waals surface area contributed by atoms with Crippen molar-refractivity contribution < 1.29 is 9.53 Å². The number of hydrogen-bond acceptors (Lipinski definition) is 5. The van der Waals surface area contributed by atoms with Crippen molar-refractivity contribution in [3.63, 3.8) is 0 Å². The van der Waals surface area contributed by atoms with Crippen molar-refractivity contribution in [2.24, 2.45) is 0 Å². The first-order valence-electron chi connectivity index (χ1n) is 5.97. The van der Waals surface area contributed by atoms with Crippen LogP contribution in [0.1, 0.15) is 38.3 Å². The molecule has 1 aliphatic rings. The molecule has 0 radical (unpaired) electrons. The normalized spacial score (nSPS) is 17.3. The lowest BCUT2D eigenvalue weighted by Crippen LogP contribution is -2.44. The van der Waals surface area contributed by atoms with E-state index < -0.39 is 0 Å². The zero-order valence-corrected chi connectivity index (χ0v) is 11.1. The predicted molar refractivity (Wildman–Crippen MR) is 68.3 cm³/mol. The molecule has 0 aliphatic heterocycles. The average Bonchev–Trinajstić information content (AvgIpc) is 2.71. The summed E-state index contributed by atoms with van der Waals surface area (Å²) >= 11 is 1.56. The van der Waals surface area contributed by atoms with Gasteiger partial charge in [-0.1, -0.05) is 6.92 Å². The summed E-state index contributed by atoms with van der Waals surface area (Å²) < 4.78 is 4.62. The van der Waals surface area contributed by atoms with E-state index in [0.717, 1.165) is 17.2 Å². The number of anilines is 1. The van der Waals surface area contributed by atoms with Gasteiger partial charge in [0.05, 0.1) is 19.2 Å². The van der Waals surface area contributed by atoms with Crippen LogP contribution in [-0.4, -0.2) is 23.6 Å². The van der Waals surface area contributed by atoms with Crippen molar-refractivity contribution in [3.8, 4) is 0 Å². The highest BCUT2D eigenvalue weighted by atomic mass is 32.1. The highest BCUT2D eigenvalue weighted by Crippen LogP contribution is 2.38. The van der Waals surface area contributed by atoms with Crippen molar-refractivity contribution in [1.29, 1.82) is 0 Å². The lowest BCUT2D eigenvalue weighted by molar-refractivity contribution is -0.139. The third-order valence-corrected chi connectivity index (χ3v) is 4.27. The van der Waals surface area contributed by atoms with Crippen LogP contribution in [0.2, 0.25) is 0 Å². The molecule has 1 fully saturated rings. The first-order valence-corrected chi connectivity index (χ1v) is 6.85. The summed E-state index contributed by atoms with van der Waals surface area (Å²) in [6.07, 6.45) is 5.11. The Morgan fingerprint density at radius 2 is 2.41 bits per heavy atom. The molecular weight excluding hydrogens is 236 g/mol. The van der Waals surface area contributed by atoms with Gasteiger partial charge in [-0.05, 0) is 25.7 Å². The molecule has 0 aromatic carbocycles. The van der Waals surface area contributed by atoms with Crippen LogP contribution < -0.4 is 5.32 Å². The number of aromatic nitrogens is 1. The summed E-state index contributed by atoms with van der Waals surface area (Å²) in [5, 5.41) is 6.35. The lowest BCUT2D eigenvalue weighted by Gasteiger charge is -2.41. The number of nitrogens with one attached hydrogen (secondary N) is 1. The summed E-state index contributed by atoms with van der Waals surface area (Å²) in [5.41, 5.74) is 1.04. The van der Waals surface area contributed by atoms with Crippen LogP contribution in [0.25, 0.3) is 0 Å². The summed E-state index contributed by atoms with van der Waals surface area (Å²) in [7, 11) is 1.40. The van der Waals surface area contributed by atoms with Gasteiger partial charge in [0.2, 0.25) is 0 Å². The Hall–Kier alpha value is -1.10. The van der Waals surface area contributed by atoms with Gasteiger partial charge in [-0.25, -0.2) is 4.98 Å².